The molecule has 21 heavy (non-hydrogen) atoms. The predicted molar refractivity (Wildman–Crippen MR) is 76.3 cm³/mol. The van der Waals surface area contributed by atoms with Gasteiger partial charge in [0.05, 0.1) is 0 Å². The van der Waals surface area contributed by atoms with Crippen LogP contribution in [-0.2, 0) is 20.8 Å². The van der Waals surface area contributed by atoms with Gasteiger partial charge in [-0.25, -0.2) is 0 Å². The number of piperazine rings is 1. The van der Waals surface area contributed by atoms with Gasteiger partial charge < -0.3 is 9.88 Å². The second-order valence-corrected chi connectivity index (χ2v) is 5.08. The van der Waals surface area contributed by atoms with Crippen LogP contribution in [0.4, 0.5) is 0 Å². The smallest absolute Gasteiger partial charge is 0.246 e. The van der Waals surface area contributed by atoms with E-state index >= 15 is 0 Å². The molecule has 1 aliphatic heterocycles. The lowest BCUT2D eigenvalue weighted by molar-refractivity contribution is -0.145. The van der Waals surface area contributed by atoms with Crippen LogP contribution in [0.25, 0.3) is 10.9 Å². The molecule has 3 amide bonds. The minimum atomic E-state index is -0.424. The number of rotatable bonds is 3. The Morgan fingerprint density at radius 3 is 2.62 bits per heavy atom. The number of aromatic amines is 1. The fraction of sp³-hybridized carbons (Fsp3) is 0.267. The molecule has 1 saturated heterocycles. The maximum atomic E-state index is 12.1. The second kappa shape index (κ2) is 5.40. The number of hydrogen-bond donors (Lipinski definition) is 2. The maximum Gasteiger partial charge on any atom is 0.246 e. The van der Waals surface area contributed by atoms with E-state index in [1.165, 1.54) is 4.90 Å². The van der Waals surface area contributed by atoms with Crippen molar-refractivity contribution in [1.29, 1.82) is 0 Å². The first kappa shape index (κ1) is 13.4. The van der Waals surface area contributed by atoms with Crippen LogP contribution >= 0.6 is 0 Å². The molecule has 0 bridgehead atoms. The maximum absolute atomic E-state index is 12.1. The average Bonchev–Trinajstić information content (AvgIpc) is 2.87. The van der Waals surface area contributed by atoms with E-state index in [9.17, 15) is 14.4 Å². The van der Waals surface area contributed by atoms with Crippen molar-refractivity contribution < 1.29 is 14.4 Å². The summed E-state index contributed by atoms with van der Waals surface area (Å²) >= 11 is 0. The van der Waals surface area contributed by atoms with E-state index in [0.717, 1.165) is 16.5 Å². The summed E-state index contributed by atoms with van der Waals surface area (Å²) in [6.07, 6.45) is 2.75. The quantitative estimate of drug-likeness (QED) is 0.810. The number of amides is 3. The van der Waals surface area contributed by atoms with Crippen LogP contribution in [0.15, 0.2) is 30.5 Å². The van der Waals surface area contributed by atoms with Crippen LogP contribution in [0, 0.1) is 0 Å². The molecule has 0 aliphatic carbocycles. The third kappa shape index (κ3) is 2.79. The number of para-hydroxylation sites is 1. The molecule has 2 N–H and O–H groups in total. The zero-order valence-corrected chi connectivity index (χ0v) is 11.4. The van der Waals surface area contributed by atoms with Crippen molar-refractivity contribution >= 4 is 28.6 Å². The fourth-order valence-corrected chi connectivity index (χ4v) is 2.55. The lowest BCUT2D eigenvalue weighted by Crippen LogP contribution is -2.53. The van der Waals surface area contributed by atoms with Crippen molar-refractivity contribution in [3.8, 4) is 0 Å². The Kier molecular flexibility index (Phi) is 3.43. The summed E-state index contributed by atoms with van der Waals surface area (Å²) in [7, 11) is 0. The number of hydrogen-bond acceptors (Lipinski definition) is 3. The largest absolute Gasteiger partial charge is 0.361 e. The molecule has 1 aromatic carbocycles. The molecule has 1 fully saturated rings. The van der Waals surface area contributed by atoms with Gasteiger partial charge in [-0.2, -0.15) is 0 Å². The third-order valence-electron chi connectivity index (χ3n) is 3.58. The van der Waals surface area contributed by atoms with Gasteiger partial charge in [0.15, 0.2) is 0 Å². The van der Waals surface area contributed by atoms with E-state index in [1.807, 2.05) is 30.5 Å². The number of aromatic nitrogens is 1. The molecule has 0 radical (unpaired) electrons. The van der Waals surface area contributed by atoms with Crippen LogP contribution < -0.4 is 5.32 Å². The van der Waals surface area contributed by atoms with Gasteiger partial charge in [-0.1, -0.05) is 18.2 Å². The highest BCUT2D eigenvalue weighted by atomic mass is 16.2. The number of nitrogens with one attached hydrogen (secondary N) is 2. The molecule has 6 heteroatoms. The first-order valence-electron chi connectivity index (χ1n) is 6.79. The average molecular weight is 285 g/mol. The van der Waals surface area contributed by atoms with Crippen LogP contribution in [0.1, 0.15) is 12.0 Å². The summed E-state index contributed by atoms with van der Waals surface area (Å²) in [6.45, 7) is -0.0864. The third-order valence-corrected chi connectivity index (χ3v) is 3.58. The highest BCUT2D eigenvalue weighted by Gasteiger charge is 2.25. The van der Waals surface area contributed by atoms with Crippen LogP contribution in [0.2, 0.25) is 0 Å². The zero-order chi connectivity index (χ0) is 14.8. The lowest BCUT2D eigenvalue weighted by Gasteiger charge is -2.25. The van der Waals surface area contributed by atoms with Gasteiger partial charge in [0.25, 0.3) is 0 Å². The molecule has 0 saturated carbocycles. The molecule has 0 unspecified atom stereocenters. The predicted octanol–water partition coefficient (Wildman–Crippen LogP) is 0.586. The van der Waals surface area contributed by atoms with Crippen molar-refractivity contribution in [1.82, 2.24) is 15.2 Å². The molecule has 108 valence electrons. The van der Waals surface area contributed by atoms with Gasteiger partial charge >= 0.3 is 0 Å². The Morgan fingerprint density at radius 2 is 1.86 bits per heavy atom. The number of H-pyrrole nitrogens is 1. The molecule has 1 aliphatic rings. The van der Waals surface area contributed by atoms with Crippen LogP contribution in [0.5, 0.6) is 0 Å². The Hall–Kier alpha value is -2.63. The Balaban J connectivity index is 1.66. The monoisotopic (exact) mass is 285 g/mol. The molecular formula is C15H15N3O3. The van der Waals surface area contributed by atoms with Crippen molar-refractivity contribution in [2.24, 2.45) is 0 Å². The highest BCUT2D eigenvalue weighted by molar-refractivity contribution is 6.02. The van der Waals surface area contributed by atoms with Crippen molar-refractivity contribution in [3.05, 3.63) is 36.0 Å². The van der Waals surface area contributed by atoms with Gasteiger partial charge in [0.1, 0.15) is 13.1 Å². The molecule has 2 heterocycles. The topological polar surface area (TPSA) is 82.3 Å². The lowest BCUT2D eigenvalue weighted by atomic mass is 10.1. The molecule has 3 rings (SSSR count). The SMILES string of the molecule is O=C1CN(C(=O)CCc2c[nH]c3ccccc23)CC(=O)N1. The number of fused-ring (bicyclic) bond motifs is 1. The second-order valence-electron chi connectivity index (χ2n) is 5.08. The van der Waals surface area contributed by atoms with Crippen molar-refractivity contribution in [3.63, 3.8) is 0 Å². The number of imide groups is 1. The Bertz CT molecular complexity index is 704. The normalized spacial score (nSPS) is 15.3. The number of carbonyl (C=O) groups is 3. The van der Waals surface area contributed by atoms with Gasteiger partial charge in [-0.3, -0.25) is 19.7 Å². The molecule has 0 spiro atoms. The number of carbonyl (C=O) groups excluding carboxylic acids is 3. The van der Waals surface area contributed by atoms with Crippen molar-refractivity contribution in [2.45, 2.75) is 12.8 Å². The minimum Gasteiger partial charge on any atom is -0.361 e. The Labute approximate surface area is 121 Å². The summed E-state index contributed by atoms with van der Waals surface area (Å²) in [6, 6.07) is 7.89. The summed E-state index contributed by atoms with van der Waals surface area (Å²) in [4.78, 5) is 39.1. The number of benzene rings is 1. The van der Waals surface area contributed by atoms with E-state index in [1.54, 1.807) is 0 Å². The fourth-order valence-electron chi connectivity index (χ4n) is 2.55. The van der Waals surface area contributed by atoms with Gasteiger partial charge in [0, 0.05) is 23.5 Å². The number of nitrogens with zero attached hydrogens (tertiary/aromatic N) is 1. The van der Waals surface area contributed by atoms with Gasteiger partial charge in [-0.15, -0.1) is 0 Å². The van der Waals surface area contributed by atoms with Crippen LogP contribution in [-0.4, -0.2) is 40.7 Å². The Morgan fingerprint density at radius 1 is 1.14 bits per heavy atom. The molecule has 6 nitrogen and oxygen atoms in total. The number of aryl methyl sites for hydroxylation is 1. The van der Waals surface area contributed by atoms with Gasteiger partial charge in [0.2, 0.25) is 17.7 Å². The highest BCUT2D eigenvalue weighted by Crippen LogP contribution is 2.19. The van der Waals surface area contributed by atoms with E-state index in [0.29, 0.717) is 6.42 Å². The van der Waals surface area contributed by atoms with Gasteiger partial charge in [-0.05, 0) is 18.1 Å². The van der Waals surface area contributed by atoms with E-state index in [-0.39, 0.29) is 25.4 Å². The van der Waals surface area contributed by atoms with Crippen LogP contribution in [0.3, 0.4) is 0 Å². The summed E-state index contributed by atoms with van der Waals surface area (Å²) < 4.78 is 0. The van der Waals surface area contributed by atoms with E-state index < -0.39 is 11.8 Å². The van der Waals surface area contributed by atoms with Crippen molar-refractivity contribution in [2.75, 3.05) is 13.1 Å². The summed E-state index contributed by atoms with van der Waals surface area (Å²) in [5.74, 6) is -1.03. The summed E-state index contributed by atoms with van der Waals surface area (Å²) in [5.41, 5.74) is 2.10. The molecule has 2 aromatic rings. The standard InChI is InChI=1S/C15H15N3O3/c19-13-8-18(9-14(20)17-13)15(21)6-5-10-7-16-12-4-2-1-3-11(10)12/h1-4,7,16H,5-6,8-9H2,(H,17,19,20). The molecule has 1 aromatic heterocycles. The molecular weight excluding hydrogens is 270 g/mol. The van der Waals surface area contributed by atoms with E-state index in [2.05, 4.69) is 10.3 Å². The molecule has 0 atom stereocenters. The minimum absolute atomic E-state index is 0.0432. The summed E-state index contributed by atoms with van der Waals surface area (Å²) in [5, 5.41) is 3.28. The van der Waals surface area contributed by atoms with E-state index in [4.69, 9.17) is 0 Å². The first-order chi connectivity index (χ1) is 10.1. The first-order valence-corrected chi connectivity index (χ1v) is 6.79. The zero-order valence-electron chi connectivity index (χ0n) is 11.4.